The molecule has 2 aliphatic heterocycles. The van der Waals surface area contributed by atoms with E-state index in [4.69, 9.17) is 14.2 Å². The second kappa shape index (κ2) is 13.7. The fourth-order valence-corrected chi connectivity index (χ4v) is 5.30. The first-order valence-corrected chi connectivity index (χ1v) is 14.1. The summed E-state index contributed by atoms with van der Waals surface area (Å²) in [5.74, 6) is -1.22. The molecule has 11 heteroatoms. The molecule has 9 nitrogen and oxygen atoms in total. The standard InChI is InChI=1S/C32H34F2N4O5/c1-41-29-12-11-22(19-30(29)42-2)28-20-27(23-7-3-5-9-25(23)33)35-38(28)31(39)21-37(14-13-36-15-17-43-18-16-36)32(40)24-8-4-6-10-26(24)34/h3-12,19,28H,13-18,20-21H2,1-2H3/t28-/m1/s1. The van der Waals surface area contributed by atoms with Gasteiger partial charge in [0.05, 0.1) is 44.8 Å². The van der Waals surface area contributed by atoms with Crippen molar-refractivity contribution in [1.82, 2.24) is 14.8 Å². The van der Waals surface area contributed by atoms with Crippen LogP contribution < -0.4 is 9.47 Å². The van der Waals surface area contributed by atoms with Crippen LogP contribution >= 0.6 is 0 Å². The third-order valence-electron chi connectivity index (χ3n) is 7.65. The predicted octanol–water partition coefficient (Wildman–Crippen LogP) is 4.13. The third kappa shape index (κ3) is 6.84. The summed E-state index contributed by atoms with van der Waals surface area (Å²) in [6, 6.07) is 16.6. The van der Waals surface area contributed by atoms with Crippen molar-refractivity contribution >= 4 is 17.5 Å². The van der Waals surface area contributed by atoms with Crippen LogP contribution in [-0.4, -0.2) is 92.5 Å². The van der Waals surface area contributed by atoms with Crippen molar-refractivity contribution in [3.8, 4) is 11.5 Å². The number of carbonyl (C=O) groups is 2. The highest BCUT2D eigenvalue weighted by Crippen LogP contribution is 2.37. The number of hydrazone groups is 1. The van der Waals surface area contributed by atoms with Crippen molar-refractivity contribution in [2.45, 2.75) is 12.5 Å². The molecule has 0 aliphatic carbocycles. The van der Waals surface area contributed by atoms with Gasteiger partial charge >= 0.3 is 0 Å². The van der Waals surface area contributed by atoms with Crippen LogP contribution in [0.15, 0.2) is 71.8 Å². The van der Waals surface area contributed by atoms with Crippen molar-refractivity contribution in [3.05, 3.63) is 95.1 Å². The molecule has 5 rings (SSSR count). The SMILES string of the molecule is COc1ccc([C@H]2CC(c3ccccc3F)=NN2C(=O)CN(CCN2CCOCC2)C(=O)c2ccccc2F)cc1OC. The molecule has 2 amide bonds. The van der Waals surface area contributed by atoms with E-state index >= 15 is 0 Å². The molecule has 0 saturated carbocycles. The van der Waals surface area contributed by atoms with E-state index in [-0.39, 0.29) is 30.6 Å². The van der Waals surface area contributed by atoms with E-state index in [1.54, 1.807) is 42.5 Å². The molecule has 0 aromatic heterocycles. The van der Waals surface area contributed by atoms with Gasteiger partial charge in [0.15, 0.2) is 11.5 Å². The first kappa shape index (κ1) is 30.1. The normalized spacial score (nSPS) is 17.0. The van der Waals surface area contributed by atoms with Crippen LogP contribution in [0.4, 0.5) is 8.78 Å². The average molecular weight is 593 g/mol. The van der Waals surface area contributed by atoms with Gasteiger partial charge in [-0.2, -0.15) is 5.10 Å². The van der Waals surface area contributed by atoms with Crippen LogP contribution in [0.3, 0.4) is 0 Å². The first-order valence-electron chi connectivity index (χ1n) is 14.1. The number of carbonyl (C=O) groups excluding carboxylic acids is 2. The number of methoxy groups -OCH3 is 2. The Kier molecular flexibility index (Phi) is 9.63. The Morgan fingerprint density at radius 2 is 1.65 bits per heavy atom. The summed E-state index contributed by atoms with van der Waals surface area (Å²) in [4.78, 5) is 31.1. The number of hydrogen-bond acceptors (Lipinski definition) is 7. The third-order valence-corrected chi connectivity index (χ3v) is 7.65. The van der Waals surface area contributed by atoms with Crippen LogP contribution in [0.1, 0.15) is 33.9 Å². The Morgan fingerprint density at radius 1 is 0.953 bits per heavy atom. The zero-order chi connectivity index (χ0) is 30.3. The molecule has 226 valence electrons. The van der Waals surface area contributed by atoms with Gasteiger partial charge in [0.2, 0.25) is 0 Å². The van der Waals surface area contributed by atoms with Gasteiger partial charge < -0.3 is 19.1 Å². The molecule has 1 saturated heterocycles. The van der Waals surface area contributed by atoms with E-state index in [0.717, 1.165) is 0 Å². The van der Waals surface area contributed by atoms with Crippen molar-refractivity contribution in [3.63, 3.8) is 0 Å². The number of nitrogens with zero attached hydrogens (tertiary/aromatic N) is 4. The molecular formula is C32H34F2N4O5. The topological polar surface area (TPSA) is 83.9 Å². The van der Waals surface area contributed by atoms with Gasteiger partial charge in [-0.05, 0) is 35.9 Å². The fraction of sp³-hybridized carbons (Fsp3) is 0.344. The van der Waals surface area contributed by atoms with Gasteiger partial charge in [-0.1, -0.05) is 36.4 Å². The highest BCUT2D eigenvalue weighted by molar-refractivity contribution is 6.04. The minimum Gasteiger partial charge on any atom is -0.493 e. The van der Waals surface area contributed by atoms with Gasteiger partial charge in [-0.3, -0.25) is 14.5 Å². The van der Waals surface area contributed by atoms with Gasteiger partial charge in [-0.25, -0.2) is 13.8 Å². The predicted molar refractivity (Wildman–Crippen MR) is 156 cm³/mol. The number of amides is 2. The summed E-state index contributed by atoms with van der Waals surface area (Å²) >= 11 is 0. The number of halogens is 2. The highest BCUT2D eigenvalue weighted by atomic mass is 19.1. The molecule has 0 spiro atoms. The largest absolute Gasteiger partial charge is 0.493 e. The lowest BCUT2D eigenvalue weighted by Gasteiger charge is -2.31. The molecule has 0 bridgehead atoms. The van der Waals surface area contributed by atoms with E-state index in [1.807, 2.05) is 0 Å². The Bertz CT molecular complexity index is 1490. The molecule has 1 atom stereocenters. The van der Waals surface area contributed by atoms with Crippen LogP contribution in [0.5, 0.6) is 11.5 Å². The average Bonchev–Trinajstić information content (AvgIpc) is 3.48. The van der Waals surface area contributed by atoms with E-state index < -0.39 is 29.5 Å². The second-order valence-electron chi connectivity index (χ2n) is 10.3. The lowest BCUT2D eigenvalue weighted by molar-refractivity contribution is -0.133. The van der Waals surface area contributed by atoms with Crippen LogP contribution in [0.2, 0.25) is 0 Å². The van der Waals surface area contributed by atoms with Crippen LogP contribution in [0, 0.1) is 11.6 Å². The molecule has 0 radical (unpaired) electrons. The maximum atomic E-state index is 14.8. The molecule has 43 heavy (non-hydrogen) atoms. The van der Waals surface area contributed by atoms with E-state index in [1.165, 1.54) is 48.4 Å². The van der Waals surface area contributed by atoms with E-state index in [9.17, 15) is 18.4 Å². The first-order chi connectivity index (χ1) is 20.9. The lowest BCUT2D eigenvalue weighted by Crippen LogP contribution is -2.46. The number of ether oxygens (including phenoxy) is 3. The molecule has 0 N–H and O–H groups in total. The molecule has 3 aromatic rings. The summed E-state index contributed by atoms with van der Waals surface area (Å²) in [5.41, 5.74) is 1.26. The summed E-state index contributed by atoms with van der Waals surface area (Å²) < 4.78 is 45.8. The zero-order valence-corrected chi connectivity index (χ0v) is 24.2. The molecule has 2 heterocycles. The van der Waals surface area contributed by atoms with Crippen molar-refractivity contribution in [1.29, 1.82) is 0 Å². The number of benzene rings is 3. The van der Waals surface area contributed by atoms with E-state index in [2.05, 4.69) is 10.0 Å². The van der Waals surface area contributed by atoms with Crippen molar-refractivity contribution < 1.29 is 32.6 Å². The Hall–Kier alpha value is -4.35. The smallest absolute Gasteiger partial charge is 0.262 e. The van der Waals surface area contributed by atoms with Crippen LogP contribution in [-0.2, 0) is 9.53 Å². The molecule has 2 aliphatic rings. The second-order valence-corrected chi connectivity index (χ2v) is 10.3. The van der Waals surface area contributed by atoms with Gasteiger partial charge in [0, 0.05) is 38.2 Å². The maximum absolute atomic E-state index is 14.8. The van der Waals surface area contributed by atoms with Crippen LogP contribution in [0.25, 0.3) is 0 Å². The zero-order valence-electron chi connectivity index (χ0n) is 24.2. The number of hydrogen-bond donors (Lipinski definition) is 0. The number of rotatable bonds is 10. The minimum atomic E-state index is -0.666. The number of morpholine rings is 1. The summed E-state index contributed by atoms with van der Waals surface area (Å²) in [6.45, 7) is 2.87. The van der Waals surface area contributed by atoms with Crippen molar-refractivity contribution in [2.75, 3.05) is 60.2 Å². The Labute approximate surface area is 249 Å². The Balaban J connectivity index is 1.46. The monoisotopic (exact) mass is 592 g/mol. The molecular weight excluding hydrogens is 558 g/mol. The Morgan fingerprint density at radius 3 is 2.35 bits per heavy atom. The molecule has 1 fully saturated rings. The highest BCUT2D eigenvalue weighted by Gasteiger charge is 2.36. The van der Waals surface area contributed by atoms with E-state index in [0.29, 0.717) is 55.6 Å². The van der Waals surface area contributed by atoms with Gasteiger partial charge in [0.25, 0.3) is 11.8 Å². The summed E-state index contributed by atoms with van der Waals surface area (Å²) in [6.07, 6.45) is 0.233. The minimum absolute atomic E-state index is 0.120. The quantitative estimate of drug-likeness (QED) is 0.352. The van der Waals surface area contributed by atoms with Crippen molar-refractivity contribution in [2.24, 2.45) is 5.10 Å². The summed E-state index contributed by atoms with van der Waals surface area (Å²) in [5, 5.41) is 5.87. The van der Waals surface area contributed by atoms with Gasteiger partial charge in [0.1, 0.15) is 18.2 Å². The lowest BCUT2D eigenvalue weighted by atomic mass is 9.97. The molecule has 0 unspecified atom stereocenters. The maximum Gasteiger partial charge on any atom is 0.262 e. The fourth-order valence-electron chi connectivity index (χ4n) is 5.30. The summed E-state index contributed by atoms with van der Waals surface area (Å²) in [7, 11) is 3.04. The van der Waals surface area contributed by atoms with Gasteiger partial charge in [-0.15, -0.1) is 0 Å². The molecule has 3 aromatic carbocycles.